The molecule has 18 heavy (non-hydrogen) atoms. The molecule has 108 valence electrons. The van der Waals surface area contributed by atoms with E-state index in [1.165, 1.54) is 25.7 Å². The molecule has 0 heterocycles. The Balaban J connectivity index is 2.61. The van der Waals surface area contributed by atoms with Gasteiger partial charge in [0.25, 0.3) is 0 Å². The van der Waals surface area contributed by atoms with Gasteiger partial charge in [0.1, 0.15) is 0 Å². The summed E-state index contributed by atoms with van der Waals surface area (Å²) in [7, 11) is 0. The zero-order valence-electron chi connectivity index (χ0n) is 13.0. The molecule has 0 radical (unpaired) electrons. The van der Waals surface area contributed by atoms with Crippen LogP contribution in [0.4, 0.5) is 0 Å². The second kappa shape index (κ2) is 5.92. The Morgan fingerprint density at radius 3 is 2.06 bits per heavy atom. The minimum Gasteiger partial charge on any atom is -0.393 e. The Morgan fingerprint density at radius 2 is 1.72 bits per heavy atom. The van der Waals surface area contributed by atoms with Crippen LogP contribution in [-0.2, 0) is 0 Å². The molecule has 0 aromatic rings. The molecule has 0 aromatic carbocycles. The molecule has 0 saturated heterocycles. The molecule has 1 saturated carbocycles. The fourth-order valence-electron chi connectivity index (χ4n) is 3.13. The van der Waals surface area contributed by atoms with E-state index in [1.807, 2.05) is 0 Å². The third-order valence-corrected chi connectivity index (χ3v) is 5.09. The zero-order chi connectivity index (χ0) is 14.0. The first-order valence-corrected chi connectivity index (χ1v) is 7.58. The van der Waals surface area contributed by atoms with Crippen molar-refractivity contribution in [2.45, 2.75) is 72.8 Å². The lowest BCUT2D eigenvalue weighted by Crippen LogP contribution is -2.41. The van der Waals surface area contributed by atoms with E-state index in [4.69, 9.17) is 5.73 Å². The highest BCUT2D eigenvalue weighted by Crippen LogP contribution is 2.45. The van der Waals surface area contributed by atoms with Crippen molar-refractivity contribution in [1.82, 2.24) is 0 Å². The number of hydrogen-bond acceptors (Lipinski definition) is 2. The summed E-state index contributed by atoms with van der Waals surface area (Å²) in [6.07, 6.45) is 5.59. The predicted molar refractivity (Wildman–Crippen MR) is 78.4 cm³/mol. The van der Waals surface area contributed by atoms with Gasteiger partial charge in [0, 0.05) is 0 Å². The van der Waals surface area contributed by atoms with Crippen molar-refractivity contribution in [3.8, 4) is 0 Å². The lowest BCUT2D eigenvalue weighted by Gasteiger charge is -2.43. The Morgan fingerprint density at radius 1 is 1.22 bits per heavy atom. The number of nitrogens with two attached hydrogens (primary N) is 1. The average molecular weight is 255 g/mol. The fourth-order valence-corrected chi connectivity index (χ4v) is 3.13. The van der Waals surface area contributed by atoms with Gasteiger partial charge >= 0.3 is 0 Å². The highest BCUT2D eigenvalue weighted by molar-refractivity contribution is 4.91. The molecule has 0 amide bonds. The van der Waals surface area contributed by atoms with Crippen LogP contribution < -0.4 is 5.73 Å². The van der Waals surface area contributed by atoms with Gasteiger partial charge in [-0.3, -0.25) is 0 Å². The van der Waals surface area contributed by atoms with Gasteiger partial charge in [0.2, 0.25) is 0 Å². The molecule has 0 aliphatic heterocycles. The Bertz CT molecular complexity index is 246. The van der Waals surface area contributed by atoms with Crippen LogP contribution in [-0.4, -0.2) is 17.8 Å². The summed E-state index contributed by atoms with van der Waals surface area (Å²) in [5, 5.41) is 10.4. The smallest absolute Gasteiger partial charge is 0.0594 e. The van der Waals surface area contributed by atoms with Crippen molar-refractivity contribution in [2.75, 3.05) is 6.54 Å². The summed E-state index contributed by atoms with van der Waals surface area (Å²) in [5.74, 6) is 1.64. The molecule has 1 unspecified atom stereocenters. The third kappa shape index (κ3) is 3.96. The number of rotatable bonds is 4. The van der Waals surface area contributed by atoms with Gasteiger partial charge < -0.3 is 10.8 Å². The maximum Gasteiger partial charge on any atom is 0.0594 e. The second-order valence-electron chi connectivity index (χ2n) is 7.87. The van der Waals surface area contributed by atoms with E-state index in [0.29, 0.717) is 0 Å². The van der Waals surface area contributed by atoms with Gasteiger partial charge in [-0.25, -0.2) is 0 Å². The molecule has 3 N–H and O–H groups in total. The van der Waals surface area contributed by atoms with E-state index >= 15 is 0 Å². The van der Waals surface area contributed by atoms with Crippen LogP contribution >= 0.6 is 0 Å². The quantitative estimate of drug-likeness (QED) is 0.806. The molecule has 1 aliphatic carbocycles. The Hall–Kier alpha value is -0.0800. The summed E-state index contributed by atoms with van der Waals surface area (Å²) < 4.78 is 0. The molecule has 0 spiro atoms. The Kier molecular flexibility index (Phi) is 5.25. The summed E-state index contributed by atoms with van der Waals surface area (Å²) in [6, 6.07) is 0. The minimum absolute atomic E-state index is 0.0307. The average Bonchev–Trinajstić information content (AvgIpc) is 2.28. The number of aliphatic hydroxyl groups excluding tert-OH is 1. The van der Waals surface area contributed by atoms with E-state index in [-0.39, 0.29) is 16.9 Å². The molecule has 1 atom stereocenters. The largest absolute Gasteiger partial charge is 0.393 e. The molecule has 2 nitrogen and oxygen atoms in total. The molecule has 2 heteroatoms. The SMILES string of the molecule is CC(C)C1CCC(CN)(CC(O)C(C)(C)C)CC1. The fraction of sp³-hybridized carbons (Fsp3) is 1.00. The third-order valence-electron chi connectivity index (χ3n) is 5.09. The van der Waals surface area contributed by atoms with Crippen molar-refractivity contribution in [3.05, 3.63) is 0 Å². The van der Waals surface area contributed by atoms with Crippen molar-refractivity contribution >= 4 is 0 Å². The van der Waals surface area contributed by atoms with Gasteiger partial charge in [0.15, 0.2) is 0 Å². The topological polar surface area (TPSA) is 46.2 Å². The maximum absolute atomic E-state index is 10.4. The lowest BCUT2D eigenvalue weighted by atomic mass is 9.64. The monoisotopic (exact) mass is 255 g/mol. The van der Waals surface area contributed by atoms with Crippen LogP contribution in [0.2, 0.25) is 0 Å². The van der Waals surface area contributed by atoms with Crippen molar-refractivity contribution in [3.63, 3.8) is 0 Å². The van der Waals surface area contributed by atoms with E-state index < -0.39 is 0 Å². The van der Waals surface area contributed by atoms with Crippen LogP contribution in [0.1, 0.15) is 66.7 Å². The highest BCUT2D eigenvalue weighted by Gasteiger charge is 2.38. The molecule has 1 fully saturated rings. The molecule has 1 rings (SSSR count). The lowest BCUT2D eigenvalue weighted by molar-refractivity contribution is -0.00279. The van der Waals surface area contributed by atoms with E-state index in [1.54, 1.807) is 0 Å². The second-order valence-corrected chi connectivity index (χ2v) is 7.87. The standard InChI is InChI=1S/C16H33NO/c1-12(2)13-6-8-16(11-17,9-7-13)10-14(18)15(3,4)5/h12-14,18H,6-11,17H2,1-5H3. The van der Waals surface area contributed by atoms with Crippen molar-refractivity contribution < 1.29 is 5.11 Å². The van der Waals surface area contributed by atoms with Crippen molar-refractivity contribution in [2.24, 2.45) is 28.4 Å². The number of hydrogen-bond donors (Lipinski definition) is 2. The van der Waals surface area contributed by atoms with E-state index in [2.05, 4.69) is 34.6 Å². The summed E-state index contributed by atoms with van der Waals surface area (Å²) in [4.78, 5) is 0. The Labute approximate surface area is 113 Å². The van der Waals surface area contributed by atoms with Crippen LogP contribution in [0.15, 0.2) is 0 Å². The summed E-state index contributed by atoms with van der Waals surface area (Å²) >= 11 is 0. The van der Waals surface area contributed by atoms with Gasteiger partial charge in [-0.2, -0.15) is 0 Å². The maximum atomic E-state index is 10.4. The summed E-state index contributed by atoms with van der Waals surface area (Å²) in [6.45, 7) is 11.7. The first kappa shape index (κ1) is 16.0. The number of aliphatic hydroxyl groups is 1. The molecular weight excluding hydrogens is 222 g/mol. The van der Waals surface area contributed by atoms with Gasteiger partial charge in [-0.1, -0.05) is 34.6 Å². The van der Waals surface area contributed by atoms with Crippen LogP contribution in [0.25, 0.3) is 0 Å². The van der Waals surface area contributed by atoms with Crippen LogP contribution in [0.5, 0.6) is 0 Å². The van der Waals surface area contributed by atoms with Gasteiger partial charge in [-0.05, 0) is 61.3 Å². The minimum atomic E-state index is -0.239. The van der Waals surface area contributed by atoms with Crippen LogP contribution in [0, 0.1) is 22.7 Å². The zero-order valence-corrected chi connectivity index (χ0v) is 13.0. The van der Waals surface area contributed by atoms with E-state index in [9.17, 15) is 5.11 Å². The van der Waals surface area contributed by atoms with E-state index in [0.717, 1.165) is 24.8 Å². The predicted octanol–water partition coefficient (Wildman–Crippen LogP) is 3.57. The molecular formula is C16H33NO. The highest BCUT2D eigenvalue weighted by atomic mass is 16.3. The molecule has 0 aromatic heterocycles. The van der Waals surface area contributed by atoms with Crippen LogP contribution in [0.3, 0.4) is 0 Å². The van der Waals surface area contributed by atoms with Gasteiger partial charge in [-0.15, -0.1) is 0 Å². The summed E-state index contributed by atoms with van der Waals surface area (Å²) in [5.41, 5.74) is 6.20. The van der Waals surface area contributed by atoms with Gasteiger partial charge in [0.05, 0.1) is 6.10 Å². The first-order valence-electron chi connectivity index (χ1n) is 7.58. The van der Waals surface area contributed by atoms with Crippen molar-refractivity contribution in [1.29, 1.82) is 0 Å². The molecule has 0 bridgehead atoms. The first-order chi connectivity index (χ1) is 8.20. The molecule has 1 aliphatic rings. The normalized spacial score (nSPS) is 31.7.